The van der Waals surface area contributed by atoms with Crippen molar-refractivity contribution in [3.8, 4) is 11.3 Å². The van der Waals surface area contributed by atoms with Gasteiger partial charge in [0.2, 0.25) is 5.91 Å². The molecule has 0 spiro atoms. The average Bonchev–Trinajstić information content (AvgIpc) is 2.90. The Kier molecular flexibility index (Phi) is 3.41. The number of nitrogens with zero attached hydrogens (tertiary/aromatic N) is 3. The molecule has 0 unspecified atom stereocenters. The second kappa shape index (κ2) is 5.26. The molecule has 22 heavy (non-hydrogen) atoms. The third-order valence-electron chi connectivity index (χ3n) is 3.67. The first-order valence-electron chi connectivity index (χ1n) is 7.22. The normalized spacial score (nSPS) is 11.3. The van der Waals surface area contributed by atoms with Gasteiger partial charge in [0.05, 0.1) is 22.8 Å². The SMILES string of the molecule is Cc1ccc(-c2cc(C(N)=O)c3cnn(C(C)C)c3n2)cc1. The van der Waals surface area contributed by atoms with Crippen molar-refractivity contribution < 1.29 is 4.79 Å². The largest absolute Gasteiger partial charge is 0.366 e. The van der Waals surface area contributed by atoms with Crippen molar-refractivity contribution in [3.05, 3.63) is 47.7 Å². The van der Waals surface area contributed by atoms with Crippen LogP contribution in [0, 0.1) is 6.92 Å². The Labute approximate surface area is 128 Å². The lowest BCUT2D eigenvalue weighted by atomic mass is 10.1. The molecule has 0 aliphatic heterocycles. The second-order valence-corrected chi connectivity index (χ2v) is 5.71. The molecule has 0 radical (unpaired) electrons. The van der Waals surface area contributed by atoms with Crippen molar-refractivity contribution in [1.82, 2.24) is 14.8 Å². The second-order valence-electron chi connectivity index (χ2n) is 5.71. The van der Waals surface area contributed by atoms with Gasteiger partial charge in [-0.05, 0) is 26.8 Å². The number of hydrogen-bond acceptors (Lipinski definition) is 3. The standard InChI is InChI=1S/C17H18N4O/c1-10(2)21-17-14(9-19-21)13(16(18)22)8-15(20-17)12-6-4-11(3)5-7-12/h4-10H,1-3H3,(H2,18,22). The van der Waals surface area contributed by atoms with E-state index in [1.54, 1.807) is 16.9 Å². The van der Waals surface area contributed by atoms with Crippen LogP contribution in [0.3, 0.4) is 0 Å². The van der Waals surface area contributed by atoms with E-state index in [0.29, 0.717) is 16.6 Å². The number of benzene rings is 1. The molecule has 112 valence electrons. The van der Waals surface area contributed by atoms with Crippen LogP contribution in [0.15, 0.2) is 36.5 Å². The highest BCUT2D eigenvalue weighted by Gasteiger charge is 2.16. The quantitative estimate of drug-likeness (QED) is 0.806. The molecule has 0 aliphatic rings. The minimum atomic E-state index is -0.468. The molecule has 0 saturated heterocycles. The lowest BCUT2D eigenvalue weighted by molar-refractivity contribution is 0.100. The van der Waals surface area contributed by atoms with Gasteiger partial charge < -0.3 is 5.73 Å². The number of rotatable bonds is 3. The number of primary amides is 1. The summed E-state index contributed by atoms with van der Waals surface area (Å²) in [7, 11) is 0. The van der Waals surface area contributed by atoms with Gasteiger partial charge in [0.15, 0.2) is 5.65 Å². The smallest absolute Gasteiger partial charge is 0.249 e. The van der Waals surface area contributed by atoms with E-state index in [1.807, 2.05) is 45.0 Å². The number of carbonyl (C=O) groups excluding carboxylic acids is 1. The van der Waals surface area contributed by atoms with Gasteiger partial charge in [-0.2, -0.15) is 5.10 Å². The van der Waals surface area contributed by atoms with Crippen LogP contribution >= 0.6 is 0 Å². The molecule has 2 heterocycles. The van der Waals surface area contributed by atoms with Gasteiger partial charge >= 0.3 is 0 Å². The van der Waals surface area contributed by atoms with Crippen molar-refractivity contribution in [3.63, 3.8) is 0 Å². The molecule has 1 amide bonds. The molecular weight excluding hydrogens is 276 g/mol. The molecule has 0 saturated carbocycles. The van der Waals surface area contributed by atoms with Crippen LogP contribution in [-0.2, 0) is 0 Å². The third-order valence-corrected chi connectivity index (χ3v) is 3.67. The van der Waals surface area contributed by atoms with Gasteiger partial charge in [0.1, 0.15) is 0 Å². The average molecular weight is 294 g/mol. The number of nitrogens with two attached hydrogens (primary N) is 1. The van der Waals surface area contributed by atoms with Gasteiger partial charge in [-0.1, -0.05) is 29.8 Å². The van der Waals surface area contributed by atoms with Gasteiger partial charge in [0, 0.05) is 11.6 Å². The molecule has 0 atom stereocenters. The molecule has 0 bridgehead atoms. The molecule has 3 rings (SSSR count). The number of hydrogen-bond donors (Lipinski definition) is 1. The Balaban J connectivity index is 2.29. The fourth-order valence-corrected chi connectivity index (χ4v) is 2.47. The third kappa shape index (κ3) is 2.35. The highest BCUT2D eigenvalue weighted by atomic mass is 16.1. The van der Waals surface area contributed by atoms with Gasteiger partial charge in [0.25, 0.3) is 0 Å². The molecule has 5 nitrogen and oxygen atoms in total. The zero-order valence-corrected chi connectivity index (χ0v) is 12.9. The Morgan fingerprint density at radius 3 is 2.50 bits per heavy atom. The summed E-state index contributed by atoms with van der Waals surface area (Å²) in [5.41, 5.74) is 9.52. The Bertz CT molecular complexity index is 847. The maximum atomic E-state index is 11.8. The van der Waals surface area contributed by atoms with E-state index in [-0.39, 0.29) is 6.04 Å². The zero-order chi connectivity index (χ0) is 15.9. The Morgan fingerprint density at radius 2 is 1.91 bits per heavy atom. The first kappa shape index (κ1) is 14.3. The number of aryl methyl sites for hydroxylation is 1. The van der Waals surface area contributed by atoms with Crippen LogP contribution in [0.4, 0.5) is 0 Å². The van der Waals surface area contributed by atoms with Crippen molar-refractivity contribution >= 4 is 16.9 Å². The number of pyridine rings is 1. The van der Waals surface area contributed by atoms with E-state index in [0.717, 1.165) is 11.3 Å². The lowest BCUT2D eigenvalue weighted by Gasteiger charge is -2.09. The van der Waals surface area contributed by atoms with Gasteiger partial charge in [-0.15, -0.1) is 0 Å². The fraction of sp³-hybridized carbons (Fsp3) is 0.235. The minimum Gasteiger partial charge on any atom is -0.366 e. The molecular formula is C17H18N4O. The molecule has 5 heteroatoms. The lowest BCUT2D eigenvalue weighted by Crippen LogP contribution is -2.12. The summed E-state index contributed by atoms with van der Waals surface area (Å²) in [6.45, 7) is 6.08. The first-order chi connectivity index (χ1) is 10.5. The first-order valence-corrected chi connectivity index (χ1v) is 7.22. The molecule has 0 aliphatic carbocycles. The molecule has 2 N–H and O–H groups in total. The summed E-state index contributed by atoms with van der Waals surface area (Å²) in [4.78, 5) is 16.5. The molecule has 3 aromatic rings. The van der Waals surface area contributed by atoms with E-state index in [4.69, 9.17) is 10.7 Å². The number of amides is 1. The van der Waals surface area contributed by atoms with Gasteiger partial charge in [-0.3, -0.25) is 4.79 Å². The van der Waals surface area contributed by atoms with Crippen molar-refractivity contribution in [1.29, 1.82) is 0 Å². The maximum Gasteiger partial charge on any atom is 0.249 e. The molecule has 0 fully saturated rings. The summed E-state index contributed by atoms with van der Waals surface area (Å²) in [6.07, 6.45) is 1.65. The Morgan fingerprint density at radius 1 is 1.23 bits per heavy atom. The zero-order valence-electron chi connectivity index (χ0n) is 12.9. The number of carbonyl (C=O) groups is 1. The van der Waals surface area contributed by atoms with Crippen LogP contribution < -0.4 is 5.73 Å². The van der Waals surface area contributed by atoms with E-state index < -0.39 is 5.91 Å². The topological polar surface area (TPSA) is 73.8 Å². The van der Waals surface area contributed by atoms with Crippen molar-refractivity contribution in [2.24, 2.45) is 5.73 Å². The summed E-state index contributed by atoms with van der Waals surface area (Å²) in [5, 5.41) is 5.02. The van der Waals surface area contributed by atoms with Crippen molar-refractivity contribution in [2.75, 3.05) is 0 Å². The highest BCUT2D eigenvalue weighted by Crippen LogP contribution is 2.26. The van der Waals surface area contributed by atoms with E-state index in [1.165, 1.54) is 5.56 Å². The maximum absolute atomic E-state index is 11.8. The van der Waals surface area contributed by atoms with Gasteiger partial charge in [-0.25, -0.2) is 9.67 Å². The molecule has 2 aromatic heterocycles. The fourth-order valence-electron chi connectivity index (χ4n) is 2.47. The number of fused-ring (bicyclic) bond motifs is 1. The predicted octanol–water partition coefficient (Wildman–Crippen LogP) is 3.09. The Hall–Kier alpha value is -2.69. The summed E-state index contributed by atoms with van der Waals surface area (Å²) < 4.78 is 1.81. The van der Waals surface area contributed by atoms with Crippen LogP contribution in [0.2, 0.25) is 0 Å². The summed E-state index contributed by atoms with van der Waals surface area (Å²) >= 11 is 0. The highest BCUT2D eigenvalue weighted by molar-refractivity contribution is 6.05. The summed E-state index contributed by atoms with van der Waals surface area (Å²) in [6, 6.07) is 9.91. The minimum absolute atomic E-state index is 0.152. The number of aromatic nitrogens is 3. The monoisotopic (exact) mass is 294 g/mol. The van der Waals surface area contributed by atoms with Crippen LogP contribution in [-0.4, -0.2) is 20.7 Å². The summed E-state index contributed by atoms with van der Waals surface area (Å²) in [5.74, 6) is -0.468. The molecule has 1 aromatic carbocycles. The van der Waals surface area contributed by atoms with Crippen LogP contribution in [0.5, 0.6) is 0 Å². The van der Waals surface area contributed by atoms with Crippen molar-refractivity contribution in [2.45, 2.75) is 26.8 Å². The predicted molar refractivity (Wildman–Crippen MR) is 86.6 cm³/mol. The van der Waals surface area contributed by atoms with E-state index >= 15 is 0 Å². The van der Waals surface area contributed by atoms with Crippen LogP contribution in [0.25, 0.3) is 22.3 Å². The van der Waals surface area contributed by atoms with E-state index in [2.05, 4.69) is 5.10 Å². The van der Waals surface area contributed by atoms with Crippen LogP contribution in [0.1, 0.15) is 35.8 Å². The van der Waals surface area contributed by atoms with E-state index in [9.17, 15) is 4.79 Å².